The van der Waals surface area contributed by atoms with Gasteiger partial charge in [0.2, 0.25) is 0 Å². The molecule has 0 unspecified atom stereocenters. The van der Waals surface area contributed by atoms with Gasteiger partial charge in [-0.15, -0.1) is 0 Å². The van der Waals surface area contributed by atoms with E-state index in [1.165, 1.54) is 12.3 Å². The fourth-order valence-electron chi connectivity index (χ4n) is 1.00. The molecule has 14 heavy (non-hydrogen) atoms. The zero-order chi connectivity index (χ0) is 10.7. The summed E-state index contributed by atoms with van der Waals surface area (Å²) in [6.45, 7) is 0.227. The number of carbonyl (C=O) groups is 1. The lowest BCUT2D eigenvalue weighted by Gasteiger charge is -2.09. The summed E-state index contributed by atoms with van der Waals surface area (Å²) < 4.78 is 0. The Labute approximate surface area is 80.7 Å². The summed E-state index contributed by atoms with van der Waals surface area (Å²) in [7, 11) is 0. The minimum atomic E-state index is -1.12. The molecule has 76 valence electrons. The molecular weight excluding hydrogens is 184 g/mol. The van der Waals surface area contributed by atoms with Gasteiger partial charge < -0.3 is 22.3 Å². The predicted molar refractivity (Wildman–Crippen MR) is 51.6 cm³/mol. The number of aromatic nitrogens is 1. The second-order valence-corrected chi connectivity index (χ2v) is 2.85. The Morgan fingerprint density at radius 1 is 1.64 bits per heavy atom. The zero-order valence-corrected chi connectivity index (χ0v) is 7.47. The Hall–Kier alpha value is -1.66. The van der Waals surface area contributed by atoms with Crippen LogP contribution in [0.2, 0.25) is 0 Å². The van der Waals surface area contributed by atoms with E-state index in [2.05, 4.69) is 4.98 Å². The topological polar surface area (TPSA) is 128 Å². The molecule has 1 atom stereocenters. The average Bonchev–Trinajstić information content (AvgIpc) is 2.17. The van der Waals surface area contributed by atoms with E-state index in [1.807, 2.05) is 0 Å². The molecule has 0 saturated heterocycles. The third kappa shape index (κ3) is 1.98. The van der Waals surface area contributed by atoms with Crippen molar-refractivity contribution in [3.63, 3.8) is 0 Å². The van der Waals surface area contributed by atoms with Gasteiger partial charge in [0, 0.05) is 18.8 Å². The first-order valence-corrected chi connectivity index (χ1v) is 4.00. The number of pyridine rings is 1. The Balaban J connectivity index is 3.12. The van der Waals surface area contributed by atoms with E-state index in [-0.39, 0.29) is 17.9 Å². The van der Waals surface area contributed by atoms with Gasteiger partial charge in [0.25, 0.3) is 0 Å². The van der Waals surface area contributed by atoms with Gasteiger partial charge in [-0.25, -0.2) is 9.78 Å². The largest absolute Gasteiger partial charge is 0.478 e. The summed E-state index contributed by atoms with van der Waals surface area (Å²) in [6, 6.07) is 0.976. The monoisotopic (exact) mass is 196 g/mol. The molecule has 0 aliphatic rings. The van der Waals surface area contributed by atoms with E-state index in [0.717, 1.165) is 0 Å². The van der Waals surface area contributed by atoms with Gasteiger partial charge in [0.15, 0.2) is 0 Å². The van der Waals surface area contributed by atoms with Crippen LogP contribution in [0.5, 0.6) is 0 Å². The van der Waals surface area contributed by atoms with Gasteiger partial charge in [-0.3, -0.25) is 0 Å². The van der Waals surface area contributed by atoms with Crippen molar-refractivity contribution in [2.45, 2.75) is 6.04 Å². The molecule has 0 fully saturated rings. The number of hydrogen-bond acceptors (Lipinski definition) is 5. The molecule has 0 radical (unpaired) electrons. The van der Waals surface area contributed by atoms with Gasteiger partial charge in [0.05, 0.1) is 0 Å². The van der Waals surface area contributed by atoms with Gasteiger partial charge in [-0.1, -0.05) is 0 Å². The van der Waals surface area contributed by atoms with Crippen molar-refractivity contribution in [3.8, 4) is 0 Å². The van der Waals surface area contributed by atoms with Crippen LogP contribution in [0.1, 0.15) is 22.0 Å². The van der Waals surface area contributed by atoms with Gasteiger partial charge in [-0.2, -0.15) is 0 Å². The second-order valence-electron chi connectivity index (χ2n) is 2.85. The molecule has 1 heterocycles. The lowest BCUT2D eigenvalue weighted by atomic mass is 10.1. The third-order valence-corrected chi connectivity index (χ3v) is 1.85. The van der Waals surface area contributed by atoms with Crippen molar-refractivity contribution in [1.82, 2.24) is 4.98 Å². The molecule has 0 saturated carbocycles. The van der Waals surface area contributed by atoms with Crippen LogP contribution in [0.15, 0.2) is 12.3 Å². The molecule has 0 bridgehead atoms. The molecular formula is C8H12N4O2. The fourth-order valence-corrected chi connectivity index (χ4v) is 1.00. The number of carboxylic acid groups (broad SMARTS) is 1. The number of nitrogens with zero attached hydrogens (tertiary/aromatic N) is 1. The summed E-state index contributed by atoms with van der Waals surface area (Å²) >= 11 is 0. The molecule has 7 N–H and O–H groups in total. The van der Waals surface area contributed by atoms with Crippen LogP contribution in [0.25, 0.3) is 0 Å². The number of hydrogen-bond donors (Lipinski definition) is 4. The number of carboxylic acids is 1. The second kappa shape index (κ2) is 4.03. The van der Waals surface area contributed by atoms with Crippen LogP contribution in [0.3, 0.4) is 0 Å². The van der Waals surface area contributed by atoms with E-state index in [1.54, 1.807) is 0 Å². The molecule has 0 aliphatic heterocycles. The summed E-state index contributed by atoms with van der Waals surface area (Å²) in [5.74, 6) is -1.15. The maximum Gasteiger partial charge on any atom is 0.339 e. The van der Waals surface area contributed by atoms with E-state index in [4.69, 9.17) is 22.3 Å². The normalized spacial score (nSPS) is 12.4. The zero-order valence-electron chi connectivity index (χ0n) is 7.47. The quantitative estimate of drug-likeness (QED) is 0.507. The number of nitrogen functional groups attached to an aromatic ring is 1. The minimum absolute atomic E-state index is 0.0227. The van der Waals surface area contributed by atoms with Crippen LogP contribution < -0.4 is 17.2 Å². The van der Waals surface area contributed by atoms with Crippen molar-refractivity contribution in [1.29, 1.82) is 0 Å². The van der Waals surface area contributed by atoms with E-state index < -0.39 is 12.0 Å². The first-order chi connectivity index (χ1) is 6.56. The van der Waals surface area contributed by atoms with Crippen molar-refractivity contribution in [2.75, 3.05) is 12.3 Å². The highest BCUT2D eigenvalue weighted by Gasteiger charge is 2.12. The highest BCUT2D eigenvalue weighted by molar-refractivity contribution is 5.92. The first kappa shape index (κ1) is 10.4. The molecule has 6 nitrogen and oxygen atoms in total. The average molecular weight is 196 g/mol. The molecule has 0 aliphatic carbocycles. The van der Waals surface area contributed by atoms with Crippen molar-refractivity contribution < 1.29 is 9.90 Å². The Bertz CT molecular complexity index is 353. The molecule has 6 heteroatoms. The maximum absolute atomic E-state index is 10.7. The summed E-state index contributed by atoms with van der Waals surface area (Å²) in [5.41, 5.74) is 16.8. The summed E-state index contributed by atoms with van der Waals surface area (Å²) in [5, 5.41) is 8.75. The minimum Gasteiger partial charge on any atom is -0.478 e. The van der Waals surface area contributed by atoms with Crippen molar-refractivity contribution in [3.05, 3.63) is 23.4 Å². The van der Waals surface area contributed by atoms with E-state index in [0.29, 0.717) is 5.56 Å². The van der Waals surface area contributed by atoms with Crippen LogP contribution in [-0.4, -0.2) is 22.6 Å². The highest BCUT2D eigenvalue weighted by atomic mass is 16.4. The van der Waals surface area contributed by atoms with E-state index >= 15 is 0 Å². The number of nitrogens with two attached hydrogens (primary N) is 3. The number of anilines is 1. The van der Waals surface area contributed by atoms with Crippen LogP contribution in [-0.2, 0) is 0 Å². The van der Waals surface area contributed by atoms with E-state index in [9.17, 15) is 4.79 Å². The Morgan fingerprint density at radius 3 is 2.79 bits per heavy atom. The standard InChI is InChI=1S/C8H12N4O2/c9-2-6(10)4-1-5(8(13)14)7(11)12-3-4/h1,3,6H,2,9-10H2,(H2,11,12)(H,13,14)/t6-/m1/s1. The maximum atomic E-state index is 10.7. The molecule has 0 amide bonds. The molecule has 0 spiro atoms. The summed E-state index contributed by atoms with van der Waals surface area (Å²) in [4.78, 5) is 14.4. The van der Waals surface area contributed by atoms with Crippen LogP contribution in [0.4, 0.5) is 5.82 Å². The van der Waals surface area contributed by atoms with Gasteiger partial charge in [-0.05, 0) is 11.6 Å². The highest BCUT2D eigenvalue weighted by Crippen LogP contribution is 2.14. The summed E-state index contributed by atoms with van der Waals surface area (Å²) in [6.07, 6.45) is 1.43. The van der Waals surface area contributed by atoms with Crippen LogP contribution >= 0.6 is 0 Å². The van der Waals surface area contributed by atoms with Gasteiger partial charge >= 0.3 is 5.97 Å². The lowest BCUT2D eigenvalue weighted by Crippen LogP contribution is -2.21. The predicted octanol–water partition coefficient (Wildman–Crippen LogP) is -0.679. The molecule has 1 aromatic rings. The number of rotatable bonds is 3. The Morgan fingerprint density at radius 2 is 2.29 bits per heavy atom. The first-order valence-electron chi connectivity index (χ1n) is 4.00. The van der Waals surface area contributed by atoms with Crippen molar-refractivity contribution in [2.24, 2.45) is 11.5 Å². The molecule has 1 rings (SSSR count). The van der Waals surface area contributed by atoms with Gasteiger partial charge in [0.1, 0.15) is 11.4 Å². The van der Waals surface area contributed by atoms with Crippen LogP contribution in [0, 0.1) is 0 Å². The third-order valence-electron chi connectivity index (χ3n) is 1.85. The number of aromatic carboxylic acids is 1. The van der Waals surface area contributed by atoms with Crippen molar-refractivity contribution >= 4 is 11.8 Å². The smallest absolute Gasteiger partial charge is 0.339 e. The SMILES string of the molecule is NC[C@@H](N)c1cnc(N)c(C(=O)O)c1. The fraction of sp³-hybridized carbons (Fsp3) is 0.250. The lowest BCUT2D eigenvalue weighted by molar-refractivity contribution is 0.0697. The molecule has 0 aromatic carbocycles. The Kier molecular flexibility index (Phi) is 3.00. The molecule has 1 aromatic heterocycles.